The Labute approximate surface area is 128 Å². The molecule has 0 aromatic heterocycles. The summed E-state index contributed by atoms with van der Waals surface area (Å²) in [5.41, 5.74) is 7.66. The van der Waals surface area contributed by atoms with E-state index >= 15 is 0 Å². The predicted molar refractivity (Wildman–Crippen MR) is 86.9 cm³/mol. The second kappa shape index (κ2) is 6.61. The molecular formula is C18H28N2O. The first kappa shape index (κ1) is 16.0. The van der Waals surface area contributed by atoms with Crippen LogP contribution < -0.4 is 5.73 Å². The number of likely N-dealkylation sites (N-methyl/N-ethyl adjacent to an activating group) is 1. The highest BCUT2D eigenvalue weighted by Crippen LogP contribution is 2.36. The molecule has 1 saturated carbocycles. The summed E-state index contributed by atoms with van der Waals surface area (Å²) in [6, 6.07) is 9.91. The van der Waals surface area contributed by atoms with E-state index in [1.165, 1.54) is 12.8 Å². The Bertz CT molecular complexity index is 459. The lowest BCUT2D eigenvalue weighted by Gasteiger charge is -2.39. The van der Waals surface area contributed by atoms with Crippen molar-refractivity contribution < 1.29 is 4.79 Å². The van der Waals surface area contributed by atoms with Crippen LogP contribution in [0.15, 0.2) is 30.3 Å². The second-order valence-electron chi connectivity index (χ2n) is 7.14. The molecule has 2 rings (SSSR count). The molecule has 2 N–H and O–H groups in total. The maximum Gasteiger partial charge on any atom is 0.239 e. The van der Waals surface area contributed by atoms with Crippen LogP contribution in [0.5, 0.6) is 0 Å². The van der Waals surface area contributed by atoms with Crippen molar-refractivity contribution >= 4 is 5.91 Å². The van der Waals surface area contributed by atoms with Crippen LogP contribution in [-0.2, 0) is 11.2 Å². The number of rotatable bonds is 4. The topological polar surface area (TPSA) is 46.3 Å². The molecule has 0 aliphatic heterocycles. The summed E-state index contributed by atoms with van der Waals surface area (Å²) in [4.78, 5) is 14.4. The van der Waals surface area contributed by atoms with Gasteiger partial charge in [0.15, 0.2) is 0 Å². The van der Waals surface area contributed by atoms with Crippen LogP contribution in [0.4, 0.5) is 0 Å². The van der Waals surface area contributed by atoms with Crippen molar-refractivity contribution in [3.63, 3.8) is 0 Å². The zero-order valence-corrected chi connectivity index (χ0v) is 13.5. The van der Waals surface area contributed by atoms with Crippen molar-refractivity contribution in [1.29, 1.82) is 0 Å². The third-order valence-corrected chi connectivity index (χ3v) is 4.82. The Kier molecular flexibility index (Phi) is 5.04. The van der Waals surface area contributed by atoms with Crippen LogP contribution in [0, 0.1) is 5.41 Å². The van der Waals surface area contributed by atoms with Crippen molar-refractivity contribution in [3.05, 3.63) is 35.9 Å². The number of carbonyl (C=O) groups excluding carboxylic acids is 1. The van der Waals surface area contributed by atoms with E-state index in [0.29, 0.717) is 17.9 Å². The van der Waals surface area contributed by atoms with Gasteiger partial charge in [0.1, 0.15) is 0 Å². The molecule has 0 saturated heterocycles. The number of nitrogens with zero attached hydrogens (tertiary/aromatic N) is 1. The van der Waals surface area contributed by atoms with E-state index in [4.69, 9.17) is 5.73 Å². The van der Waals surface area contributed by atoms with Crippen molar-refractivity contribution in [3.8, 4) is 0 Å². The molecule has 116 valence electrons. The van der Waals surface area contributed by atoms with Gasteiger partial charge in [0, 0.05) is 13.1 Å². The van der Waals surface area contributed by atoms with Gasteiger partial charge in [-0.1, -0.05) is 44.2 Å². The summed E-state index contributed by atoms with van der Waals surface area (Å²) in [5.74, 6) is 0.0727. The molecule has 0 heterocycles. The molecule has 3 nitrogen and oxygen atoms in total. The predicted octanol–water partition coefficient (Wildman–Crippen LogP) is 2.98. The van der Waals surface area contributed by atoms with Gasteiger partial charge in [-0.25, -0.2) is 0 Å². The first-order valence-corrected chi connectivity index (χ1v) is 7.95. The number of hydrogen-bond acceptors (Lipinski definition) is 2. The van der Waals surface area contributed by atoms with E-state index in [-0.39, 0.29) is 5.91 Å². The molecule has 0 bridgehead atoms. The lowest BCUT2D eigenvalue weighted by Crippen LogP contribution is -2.48. The van der Waals surface area contributed by atoms with Crippen molar-refractivity contribution in [2.45, 2.75) is 58.0 Å². The largest absolute Gasteiger partial charge is 0.341 e. The molecule has 21 heavy (non-hydrogen) atoms. The van der Waals surface area contributed by atoms with E-state index in [9.17, 15) is 4.79 Å². The zero-order chi connectivity index (χ0) is 15.5. The van der Waals surface area contributed by atoms with Crippen LogP contribution in [0.25, 0.3) is 0 Å². The first-order valence-electron chi connectivity index (χ1n) is 7.95. The highest BCUT2D eigenvalue weighted by molar-refractivity contribution is 5.82. The lowest BCUT2D eigenvalue weighted by atomic mass is 9.75. The molecular weight excluding hydrogens is 260 g/mol. The number of nitrogens with two attached hydrogens (primary N) is 1. The van der Waals surface area contributed by atoms with Gasteiger partial charge >= 0.3 is 0 Å². The number of hydrogen-bond donors (Lipinski definition) is 1. The Morgan fingerprint density at radius 3 is 2.43 bits per heavy atom. The molecule has 1 aromatic carbocycles. The van der Waals surface area contributed by atoms with Gasteiger partial charge < -0.3 is 10.6 Å². The second-order valence-corrected chi connectivity index (χ2v) is 7.14. The normalized spacial score (nSPS) is 20.0. The molecule has 1 atom stereocenters. The van der Waals surface area contributed by atoms with E-state index in [0.717, 1.165) is 18.4 Å². The minimum absolute atomic E-state index is 0.0727. The van der Waals surface area contributed by atoms with E-state index < -0.39 is 6.04 Å². The average molecular weight is 288 g/mol. The Hall–Kier alpha value is -1.35. The molecule has 1 aromatic rings. The van der Waals surface area contributed by atoms with Crippen LogP contribution in [0.3, 0.4) is 0 Å². The Morgan fingerprint density at radius 2 is 1.86 bits per heavy atom. The van der Waals surface area contributed by atoms with Gasteiger partial charge in [-0.3, -0.25) is 4.79 Å². The monoisotopic (exact) mass is 288 g/mol. The number of benzene rings is 1. The SMILES string of the molecule is CN(C(=O)[C@H](N)Cc1ccccc1)C1CCC(C)(C)CC1. The molecule has 1 fully saturated rings. The standard InChI is InChI=1S/C18H28N2O/c1-18(2)11-9-15(10-12-18)20(3)17(21)16(19)13-14-7-5-4-6-8-14/h4-8,15-16H,9-13,19H2,1-3H3/t16-/m1/s1. The minimum Gasteiger partial charge on any atom is -0.341 e. The molecule has 1 aliphatic rings. The third-order valence-electron chi connectivity index (χ3n) is 4.82. The molecule has 1 aliphatic carbocycles. The summed E-state index contributed by atoms with van der Waals surface area (Å²) in [6.45, 7) is 4.62. The maximum absolute atomic E-state index is 12.5. The molecule has 1 amide bonds. The number of amides is 1. The maximum atomic E-state index is 12.5. The summed E-state index contributed by atoms with van der Waals surface area (Å²) < 4.78 is 0. The Morgan fingerprint density at radius 1 is 1.29 bits per heavy atom. The summed E-state index contributed by atoms with van der Waals surface area (Å²) >= 11 is 0. The quantitative estimate of drug-likeness (QED) is 0.926. The first-order chi connectivity index (χ1) is 9.89. The summed E-state index contributed by atoms with van der Waals surface area (Å²) in [5, 5.41) is 0. The van der Waals surface area contributed by atoms with Crippen LogP contribution in [0.2, 0.25) is 0 Å². The van der Waals surface area contributed by atoms with Gasteiger partial charge in [0.2, 0.25) is 5.91 Å². The molecule has 0 radical (unpaired) electrons. The summed E-state index contributed by atoms with van der Waals surface area (Å²) in [6.07, 6.45) is 5.16. The molecule has 0 unspecified atom stereocenters. The smallest absolute Gasteiger partial charge is 0.239 e. The summed E-state index contributed by atoms with van der Waals surface area (Å²) in [7, 11) is 1.91. The van der Waals surface area contributed by atoms with Crippen molar-refractivity contribution in [1.82, 2.24) is 4.90 Å². The van der Waals surface area contributed by atoms with Crippen LogP contribution in [-0.4, -0.2) is 29.9 Å². The van der Waals surface area contributed by atoms with E-state index in [1.807, 2.05) is 42.3 Å². The van der Waals surface area contributed by atoms with Crippen molar-refractivity contribution in [2.75, 3.05) is 7.05 Å². The van der Waals surface area contributed by atoms with Crippen LogP contribution >= 0.6 is 0 Å². The lowest BCUT2D eigenvalue weighted by molar-refractivity contribution is -0.134. The zero-order valence-electron chi connectivity index (χ0n) is 13.5. The van der Waals surface area contributed by atoms with Gasteiger partial charge in [0.05, 0.1) is 6.04 Å². The van der Waals surface area contributed by atoms with Crippen LogP contribution in [0.1, 0.15) is 45.1 Å². The average Bonchev–Trinajstić information content (AvgIpc) is 2.46. The number of carbonyl (C=O) groups is 1. The highest BCUT2D eigenvalue weighted by atomic mass is 16.2. The fourth-order valence-corrected chi connectivity index (χ4v) is 3.17. The van der Waals surface area contributed by atoms with E-state index in [1.54, 1.807) is 0 Å². The Balaban J connectivity index is 1.90. The fourth-order valence-electron chi connectivity index (χ4n) is 3.17. The van der Waals surface area contributed by atoms with Gasteiger partial charge in [-0.15, -0.1) is 0 Å². The van der Waals surface area contributed by atoms with Gasteiger partial charge in [-0.2, -0.15) is 0 Å². The highest BCUT2D eigenvalue weighted by Gasteiger charge is 2.31. The van der Waals surface area contributed by atoms with Crippen molar-refractivity contribution in [2.24, 2.45) is 11.1 Å². The third kappa shape index (κ3) is 4.31. The fraction of sp³-hybridized carbons (Fsp3) is 0.611. The molecule has 0 spiro atoms. The molecule has 3 heteroatoms. The van der Waals surface area contributed by atoms with E-state index in [2.05, 4.69) is 13.8 Å². The van der Waals surface area contributed by atoms with Gasteiger partial charge in [0.25, 0.3) is 0 Å². The minimum atomic E-state index is -0.438. The van der Waals surface area contributed by atoms with Gasteiger partial charge in [-0.05, 0) is 43.1 Å².